The van der Waals surface area contributed by atoms with E-state index in [2.05, 4.69) is 14.7 Å². The average molecular weight is 428 g/mol. The fraction of sp³-hybridized carbons (Fsp3) is 0.318. The van der Waals surface area contributed by atoms with Gasteiger partial charge in [0.15, 0.2) is 5.82 Å². The molecule has 0 aliphatic carbocycles. The third-order valence-corrected chi connectivity index (χ3v) is 4.92. The van der Waals surface area contributed by atoms with Crippen molar-refractivity contribution in [3.05, 3.63) is 65.5 Å². The van der Waals surface area contributed by atoms with Gasteiger partial charge in [-0.25, -0.2) is 0 Å². The van der Waals surface area contributed by atoms with Crippen LogP contribution in [-0.2, 0) is 22.4 Å². The summed E-state index contributed by atoms with van der Waals surface area (Å²) >= 11 is 1.21. The van der Waals surface area contributed by atoms with Crippen molar-refractivity contribution in [3.63, 3.8) is 0 Å². The van der Waals surface area contributed by atoms with Gasteiger partial charge in [-0.3, -0.25) is 4.79 Å². The van der Waals surface area contributed by atoms with Gasteiger partial charge in [0, 0.05) is 38.2 Å². The van der Waals surface area contributed by atoms with E-state index in [4.69, 9.17) is 14.2 Å². The number of amides is 1. The molecule has 0 aliphatic heterocycles. The summed E-state index contributed by atoms with van der Waals surface area (Å²) in [6, 6.07) is 15.2. The molecular formula is C22H25N3O4S. The van der Waals surface area contributed by atoms with Crippen LogP contribution < -0.4 is 14.8 Å². The third kappa shape index (κ3) is 6.82. The lowest BCUT2D eigenvalue weighted by Crippen LogP contribution is -2.26. The Balaban J connectivity index is 1.50. The van der Waals surface area contributed by atoms with E-state index in [1.165, 1.54) is 11.5 Å². The molecule has 3 aromatic rings. The number of rotatable bonds is 11. The van der Waals surface area contributed by atoms with Crippen molar-refractivity contribution in [3.8, 4) is 16.7 Å². The Hall–Kier alpha value is -2.97. The predicted molar refractivity (Wildman–Crippen MR) is 115 cm³/mol. The van der Waals surface area contributed by atoms with Crippen molar-refractivity contribution < 1.29 is 19.0 Å². The molecule has 0 saturated heterocycles. The molecule has 1 aromatic heterocycles. The standard InChI is InChI=1S/C22H25N3O4S/c1-27-12-4-11-23-21(26)15-16-7-9-18(10-8-16)29-22-24-20(25-30-22)14-17-5-3-6-19(13-17)28-2/h3,5-10,13H,4,11-12,14-15H2,1-2H3,(H,23,26). The second-order valence-corrected chi connectivity index (χ2v) is 7.34. The molecule has 2 aromatic carbocycles. The highest BCUT2D eigenvalue weighted by Gasteiger charge is 2.09. The number of carbonyl (C=O) groups excluding carboxylic acids is 1. The Morgan fingerprint density at radius 1 is 1.07 bits per heavy atom. The maximum atomic E-state index is 11.9. The fourth-order valence-electron chi connectivity index (χ4n) is 2.78. The molecule has 7 nitrogen and oxygen atoms in total. The summed E-state index contributed by atoms with van der Waals surface area (Å²) in [5.41, 5.74) is 1.99. The van der Waals surface area contributed by atoms with Gasteiger partial charge >= 0.3 is 0 Å². The van der Waals surface area contributed by atoms with Gasteiger partial charge in [0.1, 0.15) is 11.5 Å². The average Bonchev–Trinajstić information content (AvgIpc) is 3.19. The molecule has 0 spiro atoms. The summed E-state index contributed by atoms with van der Waals surface area (Å²) in [6.45, 7) is 1.25. The van der Waals surface area contributed by atoms with Crippen LogP contribution in [0.4, 0.5) is 0 Å². The van der Waals surface area contributed by atoms with E-state index < -0.39 is 0 Å². The third-order valence-electron chi connectivity index (χ3n) is 4.29. The molecular weight excluding hydrogens is 402 g/mol. The van der Waals surface area contributed by atoms with E-state index in [9.17, 15) is 4.79 Å². The molecule has 0 atom stereocenters. The van der Waals surface area contributed by atoms with Crippen LogP contribution in [0, 0.1) is 0 Å². The zero-order valence-corrected chi connectivity index (χ0v) is 17.9. The van der Waals surface area contributed by atoms with Gasteiger partial charge < -0.3 is 19.5 Å². The van der Waals surface area contributed by atoms with Gasteiger partial charge in [-0.15, -0.1) is 0 Å². The number of nitrogens with zero attached hydrogens (tertiary/aromatic N) is 2. The van der Waals surface area contributed by atoms with Crippen LogP contribution in [-0.4, -0.2) is 42.6 Å². The maximum Gasteiger partial charge on any atom is 0.298 e. The van der Waals surface area contributed by atoms with Crippen molar-refractivity contribution in [1.82, 2.24) is 14.7 Å². The van der Waals surface area contributed by atoms with E-state index in [0.717, 1.165) is 23.3 Å². The number of ether oxygens (including phenoxy) is 3. The fourth-order valence-corrected chi connectivity index (χ4v) is 3.35. The largest absolute Gasteiger partial charge is 0.497 e. The first-order valence-corrected chi connectivity index (χ1v) is 10.4. The number of hydrogen-bond donors (Lipinski definition) is 1. The van der Waals surface area contributed by atoms with E-state index in [1.807, 2.05) is 48.5 Å². The Morgan fingerprint density at radius 3 is 2.67 bits per heavy atom. The highest BCUT2D eigenvalue weighted by molar-refractivity contribution is 7.07. The summed E-state index contributed by atoms with van der Waals surface area (Å²) in [5, 5.41) is 3.36. The highest BCUT2D eigenvalue weighted by Crippen LogP contribution is 2.25. The minimum atomic E-state index is -0.00826. The number of aromatic nitrogens is 2. The molecule has 0 bridgehead atoms. The number of nitrogens with one attached hydrogen (secondary N) is 1. The van der Waals surface area contributed by atoms with E-state index >= 15 is 0 Å². The molecule has 8 heteroatoms. The molecule has 0 fully saturated rings. The minimum absolute atomic E-state index is 0.00826. The van der Waals surface area contributed by atoms with Crippen LogP contribution in [0.3, 0.4) is 0 Å². The molecule has 1 amide bonds. The molecule has 1 heterocycles. The van der Waals surface area contributed by atoms with Crippen LogP contribution in [0.5, 0.6) is 16.7 Å². The number of hydrogen-bond acceptors (Lipinski definition) is 7. The Labute approximate surface area is 180 Å². The normalized spacial score (nSPS) is 10.6. The second kappa shape index (κ2) is 11.3. The van der Waals surface area contributed by atoms with Crippen molar-refractivity contribution >= 4 is 17.4 Å². The topological polar surface area (TPSA) is 82.6 Å². The molecule has 158 valence electrons. The predicted octanol–water partition coefficient (Wildman–Crippen LogP) is 3.63. The quantitative estimate of drug-likeness (QED) is 0.471. The summed E-state index contributed by atoms with van der Waals surface area (Å²) in [7, 11) is 3.29. The van der Waals surface area contributed by atoms with Gasteiger partial charge in [-0.1, -0.05) is 24.3 Å². The van der Waals surface area contributed by atoms with Crippen LogP contribution in [0.15, 0.2) is 48.5 Å². The van der Waals surface area contributed by atoms with Crippen molar-refractivity contribution in [1.29, 1.82) is 0 Å². The van der Waals surface area contributed by atoms with Crippen LogP contribution in [0.2, 0.25) is 0 Å². The highest BCUT2D eigenvalue weighted by atomic mass is 32.1. The lowest BCUT2D eigenvalue weighted by atomic mass is 10.1. The molecule has 0 unspecified atom stereocenters. The van der Waals surface area contributed by atoms with Gasteiger partial charge in [-0.2, -0.15) is 9.36 Å². The summed E-state index contributed by atoms with van der Waals surface area (Å²) in [4.78, 5) is 16.4. The zero-order valence-electron chi connectivity index (χ0n) is 17.1. The van der Waals surface area contributed by atoms with Gasteiger partial charge in [0.05, 0.1) is 13.5 Å². The first-order valence-electron chi connectivity index (χ1n) is 9.64. The van der Waals surface area contributed by atoms with Crippen molar-refractivity contribution in [2.75, 3.05) is 27.4 Å². The molecule has 3 rings (SSSR count). The van der Waals surface area contributed by atoms with Gasteiger partial charge in [-0.05, 0) is 41.8 Å². The Bertz CT molecular complexity index is 944. The second-order valence-electron chi connectivity index (χ2n) is 6.62. The van der Waals surface area contributed by atoms with Crippen LogP contribution in [0.25, 0.3) is 0 Å². The van der Waals surface area contributed by atoms with Crippen LogP contribution in [0.1, 0.15) is 23.4 Å². The van der Waals surface area contributed by atoms with E-state index in [0.29, 0.717) is 42.8 Å². The maximum absolute atomic E-state index is 11.9. The van der Waals surface area contributed by atoms with Crippen LogP contribution >= 0.6 is 11.5 Å². The first-order chi connectivity index (χ1) is 14.7. The molecule has 0 saturated carbocycles. The lowest BCUT2D eigenvalue weighted by Gasteiger charge is -2.06. The Morgan fingerprint density at radius 2 is 1.90 bits per heavy atom. The molecule has 0 aliphatic rings. The smallest absolute Gasteiger partial charge is 0.298 e. The van der Waals surface area contributed by atoms with E-state index in [-0.39, 0.29) is 5.91 Å². The number of benzene rings is 2. The van der Waals surface area contributed by atoms with Crippen molar-refractivity contribution in [2.24, 2.45) is 0 Å². The molecule has 0 radical (unpaired) electrons. The molecule has 1 N–H and O–H groups in total. The lowest BCUT2D eigenvalue weighted by molar-refractivity contribution is -0.120. The Kier molecular flexibility index (Phi) is 8.17. The number of methoxy groups -OCH3 is 2. The summed E-state index contributed by atoms with van der Waals surface area (Å²) in [6.07, 6.45) is 1.74. The number of carbonyl (C=O) groups is 1. The monoisotopic (exact) mass is 427 g/mol. The SMILES string of the molecule is COCCCNC(=O)Cc1ccc(Oc2nc(Cc3cccc(OC)c3)ns2)cc1. The van der Waals surface area contributed by atoms with Crippen molar-refractivity contribution in [2.45, 2.75) is 19.3 Å². The van der Waals surface area contributed by atoms with Gasteiger partial charge in [0.2, 0.25) is 5.91 Å². The van der Waals surface area contributed by atoms with Gasteiger partial charge in [0.25, 0.3) is 5.19 Å². The zero-order chi connectivity index (χ0) is 21.2. The summed E-state index contributed by atoms with van der Waals surface area (Å²) < 4.78 is 20.4. The minimum Gasteiger partial charge on any atom is -0.497 e. The molecule has 30 heavy (non-hydrogen) atoms. The first kappa shape index (κ1) is 21.7. The summed E-state index contributed by atoms with van der Waals surface area (Å²) in [5.74, 6) is 2.15. The van der Waals surface area contributed by atoms with E-state index in [1.54, 1.807) is 14.2 Å².